The Morgan fingerprint density at radius 3 is 2.68 bits per heavy atom. The molecule has 6 heteroatoms. The van der Waals surface area contributed by atoms with Crippen LogP contribution < -0.4 is 20.1 Å². The number of hydrogen-bond donors (Lipinski definition) is 2. The van der Waals surface area contributed by atoms with Crippen LogP contribution in [0.15, 0.2) is 23.2 Å². The molecule has 1 aliphatic carbocycles. The SMILES string of the molecule is CCNC(=NCc1ccc(OC)cc1OC1CCCC1)NCCOC. The lowest BCUT2D eigenvalue weighted by atomic mass is 10.2. The topological polar surface area (TPSA) is 64.1 Å². The van der Waals surface area contributed by atoms with E-state index in [0.29, 0.717) is 19.3 Å². The fourth-order valence-corrected chi connectivity index (χ4v) is 2.87. The van der Waals surface area contributed by atoms with Crippen LogP contribution in [0.2, 0.25) is 0 Å². The van der Waals surface area contributed by atoms with Gasteiger partial charge in [-0.05, 0) is 44.7 Å². The van der Waals surface area contributed by atoms with Crippen molar-refractivity contribution in [1.82, 2.24) is 10.6 Å². The monoisotopic (exact) mass is 349 g/mol. The van der Waals surface area contributed by atoms with Crippen molar-refractivity contribution in [1.29, 1.82) is 0 Å². The number of aliphatic imine (C=N–C) groups is 1. The Hall–Kier alpha value is -1.95. The van der Waals surface area contributed by atoms with Crippen LogP contribution in [0, 0.1) is 0 Å². The molecule has 0 heterocycles. The molecule has 0 atom stereocenters. The van der Waals surface area contributed by atoms with Crippen molar-refractivity contribution in [2.45, 2.75) is 45.3 Å². The number of ether oxygens (including phenoxy) is 3. The third-order valence-electron chi connectivity index (χ3n) is 4.22. The highest BCUT2D eigenvalue weighted by molar-refractivity contribution is 5.79. The molecule has 6 nitrogen and oxygen atoms in total. The van der Waals surface area contributed by atoms with E-state index < -0.39 is 0 Å². The van der Waals surface area contributed by atoms with E-state index >= 15 is 0 Å². The first-order valence-corrected chi connectivity index (χ1v) is 9.11. The Kier molecular flexibility index (Phi) is 8.39. The Morgan fingerprint density at radius 2 is 2.00 bits per heavy atom. The van der Waals surface area contributed by atoms with Crippen LogP contribution in [0.25, 0.3) is 0 Å². The molecule has 1 aromatic rings. The zero-order chi connectivity index (χ0) is 17.9. The minimum absolute atomic E-state index is 0.308. The van der Waals surface area contributed by atoms with E-state index in [9.17, 15) is 0 Å². The van der Waals surface area contributed by atoms with Crippen molar-refractivity contribution in [3.63, 3.8) is 0 Å². The maximum Gasteiger partial charge on any atom is 0.191 e. The van der Waals surface area contributed by atoms with Gasteiger partial charge in [0.15, 0.2) is 5.96 Å². The average molecular weight is 349 g/mol. The number of hydrogen-bond acceptors (Lipinski definition) is 4. The molecule has 2 rings (SSSR count). The molecule has 0 amide bonds. The van der Waals surface area contributed by atoms with Gasteiger partial charge in [0.25, 0.3) is 0 Å². The Labute approximate surface area is 151 Å². The molecule has 1 aromatic carbocycles. The lowest BCUT2D eigenvalue weighted by Gasteiger charge is -2.17. The van der Waals surface area contributed by atoms with Crippen LogP contribution in [0.1, 0.15) is 38.2 Å². The molecule has 0 aliphatic heterocycles. The van der Waals surface area contributed by atoms with Crippen molar-refractivity contribution < 1.29 is 14.2 Å². The van der Waals surface area contributed by atoms with E-state index in [1.807, 2.05) is 18.2 Å². The summed E-state index contributed by atoms with van der Waals surface area (Å²) in [6.07, 6.45) is 5.05. The summed E-state index contributed by atoms with van der Waals surface area (Å²) in [6, 6.07) is 5.96. The second kappa shape index (κ2) is 10.8. The maximum atomic E-state index is 6.23. The zero-order valence-corrected chi connectivity index (χ0v) is 15.6. The number of rotatable bonds is 9. The van der Waals surface area contributed by atoms with Crippen LogP contribution in [-0.4, -0.2) is 46.0 Å². The predicted molar refractivity (Wildman–Crippen MR) is 101 cm³/mol. The predicted octanol–water partition coefficient (Wildman–Crippen LogP) is 2.72. The van der Waals surface area contributed by atoms with Crippen molar-refractivity contribution in [3.05, 3.63) is 23.8 Å². The molecule has 0 aromatic heterocycles. The van der Waals surface area contributed by atoms with Crippen LogP contribution in [0.5, 0.6) is 11.5 Å². The molecular weight excluding hydrogens is 318 g/mol. The summed E-state index contributed by atoms with van der Waals surface area (Å²) in [7, 11) is 3.37. The van der Waals surface area contributed by atoms with E-state index in [4.69, 9.17) is 14.2 Å². The van der Waals surface area contributed by atoms with Crippen molar-refractivity contribution in [2.24, 2.45) is 4.99 Å². The Bertz CT molecular complexity index is 543. The smallest absolute Gasteiger partial charge is 0.191 e. The van der Waals surface area contributed by atoms with E-state index in [-0.39, 0.29) is 0 Å². The fraction of sp³-hybridized carbons (Fsp3) is 0.632. The standard InChI is InChI=1S/C19H31N3O3/c1-4-20-19(21-11-12-23-2)22-14-15-9-10-17(24-3)13-18(15)25-16-7-5-6-8-16/h9-10,13,16H,4-8,11-12,14H2,1-3H3,(H2,20,21,22). The first-order valence-electron chi connectivity index (χ1n) is 9.11. The van der Waals surface area contributed by atoms with E-state index in [1.165, 1.54) is 12.8 Å². The Morgan fingerprint density at radius 1 is 1.20 bits per heavy atom. The van der Waals surface area contributed by atoms with Gasteiger partial charge in [-0.25, -0.2) is 4.99 Å². The zero-order valence-electron chi connectivity index (χ0n) is 15.6. The van der Waals surface area contributed by atoms with Crippen molar-refractivity contribution >= 4 is 5.96 Å². The summed E-state index contributed by atoms with van der Waals surface area (Å²) in [5.74, 6) is 2.47. The summed E-state index contributed by atoms with van der Waals surface area (Å²) in [6.45, 7) is 4.77. The first kappa shape index (κ1) is 19.4. The molecule has 0 unspecified atom stereocenters. The normalized spacial score (nSPS) is 15.2. The van der Waals surface area contributed by atoms with Gasteiger partial charge < -0.3 is 24.8 Å². The molecule has 140 valence electrons. The van der Waals surface area contributed by atoms with Crippen LogP contribution >= 0.6 is 0 Å². The molecule has 0 bridgehead atoms. The molecular formula is C19H31N3O3. The number of nitrogens with zero attached hydrogens (tertiary/aromatic N) is 1. The highest BCUT2D eigenvalue weighted by atomic mass is 16.5. The number of methoxy groups -OCH3 is 2. The van der Waals surface area contributed by atoms with E-state index in [0.717, 1.165) is 49.0 Å². The average Bonchev–Trinajstić information content (AvgIpc) is 3.13. The van der Waals surface area contributed by atoms with Gasteiger partial charge in [-0.1, -0.05) is 0 Å². The first-order chi connectivity index (χ1) is 12.3. The second-order valence-electron chi connectivity index (χ2n) is 6.11. The van der Waals surface area contributed by atoms with Gasteiger partial charge in [-0.2, -0.15) is 0 Å². The second-order valence-corrected chi connectivity index (χ2v) is 6.11. The van der Waals surface area contributed by atoms with Gasteiger partial charge in [-0.15, -0.1) is 0 Å². The van der Waals surface area contributed by atoms with Gasteiger partial charge in [-0.3, -0.25) is 0 Å². The summed E-state index contributed by atoms with van der Waals surface area (Å²) in [4.78, 5) is 4.66. The third kappa shape index (κ3) is 6.46. The van der Waals surface area contributed by atoms with Crippen LogP contribution in [0.4, 0.5) is 0 Å². The summed E-state index contributed by atoms with van der Waals surface area (Å²) in [5.41, 5.74) is 1.07. The lowest BCUT2D eigenvalue weighted by Crippen LogP contribution is -2.38. The van der Waals surface area contributed by atoms with E-state index in [1.54, 1.807) is 14.2 Å². The highest BCUT2D eigenvalue weighted by Gasteiger charge is 2.18. The third-order valence-corrected chi connectivity index (χ3v) is 4.22. The van der Waals surface area contributed by atoms with Crippen molar-refractivity contribution in [2.75, 3.05) is 33.9 Å². The summed E-state index contributed by atoms with van der Waals surface area (Å²) in [5, 5.41) is 6.50. The molecule has 0 radical (unpaired) electrons. The Balaban J connectivity index is 2.08. The van der Waals surface area contributed by atoms with Gasteiger partial charge >= 0.3 is 0 Å². The molecule has 1 saturated carbocycles. The largest absolute Gasteiger partial charge is 0.497 e. The van der Waals surface area contributed by atoms with Crippen LogP contribution in [-0.2, 0) is 11.3 Å². The molecule has 0 saturated heterocycles. The molecule has 1 aliphatic rings. The fourth-order valence-electron chi connectivity index (χ4n) is 2.87. The van der Waals surface area contributed by atoms with Gasteiger partial charge in [0.05, 0.1) is 26.4 Å². The van der Waals surface area contributed by atoms with Crippen molar-refractivity contribution in [3.8, 4) is 11.5 Å². The minimum Gasteiger partial charge on any atom is -0.497 e. The lowest BCUT2D eigenvalue weighted by molar-refractivity contribution is 0.203. The number of benzene rings is 1. The molecule has 2 N–H and O–H groups in total. The van der Waals surface area contributed by atoms with Gasteiger partial charge in [0.1, 0.15) is 11.5 Å². The van der Waals surface area contributed by atoms with E-state index in [2.05, 4.69) is 22.5 Å². The number of nitrogens with one attached hydrogen (secondary N) is 2. The molecule has 0 spiro atoms. The summed E-state index contributed by atoms with van der Waals surface area (Å²) < 4.78 is 16.7. The molecule has 1 fully saturated rings. The number of guanidine groups is 1. The van der Waals surface area contributed by atoms with Gasteiger partial charge in [0, 0.05) is 31.8 Å². The maximum absolute atomic E-state index is 6.23. The minimum atomic E-state index is 0.308. The summed E-state index contributed by atoms with van der Waals surface area (Å²) >= 11 is 0. The quantitative estimate of drug-likeness (QED) is 0.408. The van der Waals surface area contributed by atoms with Gasteiger partial charge in [0.2, 0.25) is 0 Å². The highest BCUT2D eigenvalue weighted by Crippen LogP contribution is 2.30. The van der Waals surface area contributed by atoms with Crippen LogP contribution in [0.3, 0.4) is 0 Å². The molecule has 25 heavy (non-hydrogen) atoms.